The van der Waals surface area contributed by atoms with Crippen molar-refractivity contribution in [1.82, 2.24) is 19.6 Å². The van der Waals surface area contributed by atoms with E-state index in [1.54, 1.807) is 40.9 Å². The predicted molar refractivity (Wildman–Crippen MR) is 133 cm³/mol. The van der Waals surface area contributed by atoms with Gasteiger partial charge in [0.05, 0.1) is 16.3 Å². The van der Waals surface area contributed by atoms with Crippen LogP contribution in [-0.2, 0) is 14.8 Å². The van der Waals surface area contributed by atoms with E-state index in [1.807, 2.05) is 26.8 Å². The highest BCUT2D eigenvalue weighted by molar-refractivity contribution is 7.99. The maximum Gasteiger partial charge on any atom is 0.264 e. The van der Waals surface area contributed by atoms with Gasteiger partial charge in [0.2, 0.25) is 11.1 Å². The van der Waals surface area contributed by atoms with Crippen molar-refractivity contribution >= 4 is 44.8 Å². The molecule has 0 aliphatic carbocycles. The Morgan fingerprint density at radius 2 is 1.79 bits per heavy atom. The van der Waals surface area contributed by atoms with Gasteiger partial charge in [-0.05, 0) is 56.7 Å². The Hall–Kier alpha value is -3.44. The van der Waals surface area contributed by atoms with Crippen molar-refractivity contribution in [3.8, 4) is 0 Å². The molecule has 0 aliphatic rings. The van der Waals surface area contributed by atoms with E-state index in [-0.39, 0.29) is 16.6 Å². The molecular formula is C23H24N6O3S2. The first kappa shape index (κ1) is 23.7. The molecule has 0 unspecified atom stereocenters. The average molecular weight is 497 g/mol. The molecule has 0 fully saturated rings. The summed E-state index contributed by atoms with van der Waals surface area (Å²) in [4.78, 5) is 21.4. The first-order chi connectivity index (χ1) is 16.2. The zero-order chi connectivity index (χ0) is 24.5. The molecule has 2 aromatic carbocycles. The van der Waals surface area contributed by atoms with Crippen molar-refractivity contribution < 1.29 is 13.2 Å². The van der Waals surface area contributed by atoms with Crippen LogP contribution in [0.5, 0.6) is 0 Å². The summed E-state index contributed by atoms with van der Waals surface area (Å²) in [5.41, 5.74) is 3.81. The normalized spacial score (nSPS) is 11.5. The van der Waals surface area contributed by atoms with Gasteiger partial charge in [0.25, 0.3) is 15.8 Å². The number of carbonyl (C=O) groups excluding carboxylic acids is 1. The molecule has 0 bridgehead atoms. The average Bonchev–Trinajstić information content (AvgIpc) is 3.24. The third-order valence-corrected chi connectivity index (χ3v) is 8.09. The Morgan fingerprint density at radius 3 is 2.53 bits per heavy atom. The van der Waals surface area contributed by atoms with Crippen molar-refractivity contribution in [3.63, 3.8) is 0 Å². The second kappa shape index (κ2) is 9.43. The number of amides is 1. The maximum absolute atomic E-state index is 13.0. The minimum atomic E-state index is -3.78. The van der Waals surface area contributed by atoms with Gasteiger partial charge in [-0.2, -0.15) is 4.98 Å². The van der Waals surface area contributed by atoms with Crippen LogP contribution >= 0.6 is 11.8 Å². The zero-order valence-electron chi connectivity index (χ0n) is 19.2. The summed E-state index contributed by atoms with van der Waals surface area (Å²) in [6.45, 7) is 5.84. The molecule has 11 heteroatoms. The Bertz CT molecular complexity index is 1470. The SMILES string of the molecule is Cc1nc2nc(SCC(=O)Nc3cccc(S(=O)(=O)N(C)c4ccccc4)c3)nn2c(C)c1C. The van der Waals surface area contributed by atoms with Crippen molar-refractivity contribution in [2.45, 2.75) is 30.8 Å². The Labute approximate surface area is 202 Å². The van der Waals surface area contributed by atoms with Crippen LogP contribution in [0, 0.1) is 20.8 Å². The summed E-state index contributed by atoms with van der Waals surface area (Å²) < 4.78 is 28.9. The van der Waals surface area contributed by atoms with Gasteiger partial charge in [-0.1, -0.05) is 36.0 Å². The van der Waals surface area contributed by atoms with Crippen LogP contribution < -0.4 is 9.62 Å². The molecule has 0 atom stereocenters. The summed E-state index contributed by atoms with van der Waals surface area (Å²) >= 11 is 1.18. The zero-order valence-corrected chi connectivity index (χ0v) is 20.8. The van der Waals surface area contributed by atoms with Gasteiger partial charge >= 0.3 is 0 Å². The van der Waals surface area contributed by atoms with E-state index in [2.05, 4.69) is 20.4 Å². The fourth-order valence-electron chi connectivity index (χ4n) is 3.29. The van der Waals surface area contributed by atoms with Gasteiger partial charge in [-0.25, -0.2) is 17.9 Å². The van der Waals surface area contributed by atoms with Gasteiger partial charge in [0, 0.05) is 24.1 Å². The van der Waals surface area contributed by atoms with Gasteiger partial charge < -0.3 is 5.32 Å². The summed E-state index contributed by atoms with van der Waals surface area (Å²) in [5.74, 6) is 0.255. The summed E-state index contributed by atoms with van der Waals surface area (Å²) in [5, 5.41) is 7.62. The number of aromatic nitrogens is 4. The highest BCUT2D eigenvalue weighted by Gasteiger charge is 2.22. The lowest BCUT2D eigenvalue weighted by Gasteiger charge is -2.19. The highest BCUT2D eigenvalue weighted by Crippen LogP contribution is 2.24. The number of hydrogen-bond donors (Lipinski definition) is 1. The molecule has 2 aromatic heterocycles. The number of sulfonamides is 1. The molecule has 2 heterocycles. The number of hydrogen-bond acceptors (Lipinski definition) is 7. The topological polar surface area (TPSA) is 110 Å². The monoisotopic (exact) mass is 496 g/mol. The van der Waals surface area contributed by atoms with E-state index in [9.17, 15) is 13.2 Å². The molecule has 4 rings (SSSR count). The van der Waals surface area contributed by atoms with E-state index in [1.165, 1.54) is 35.2 Å². The van der Waals surface area contributed by atoms with Crippen LogP contribution in [0.3, 0.4) is 0 Å². The van der Waals surface area contributed by atoms with Crippen LogP contribution in [-0.4, -0.2) is 46.7 Å². The smallest absolute Gasteiger partial charge is 0.264 e. The number of thioether (sulfide) groups is 1. The number of carbonyl (C=O) groups is 1. The van der Waals surface area contributed by atoms with E-state index in [4.69, 9.17) is 0 Å². The van der Waals surface area contributed by atoms with Crippen LogP contribution in [0.2, 0.25) is 0 Å². The van der Waals surface area contributed by atoms with Gasteiger partial charge in [-0.3, -0.25) is 9.10 Å². The number of anilines is 2. The molecule has 4 aromatic rings. The van der Waals surface area contributed by atoms with Crippen molar-refractivity contribution in [3.05, 3.63) is 71.5 Å². The lowest BCUT2D eigenvalue weighted by Crippen LogP contribution is -2.26. The lowest BCUT2D eigenvalue weighted by atomic mass is 10.2. The molecule has 0 spiro atoms. The van der Waals surface area contributed by atoms with Gasteiger partial charge in [0.1, 0.15) is 0 Å². The fraction of sp³-hybridized carbons (Fsp3) is 0.217. The van der Waals surface area contributed by atoms with Crippen molar-refractivity contribution in [2.24, 2.45) is 0 Å². The second-order valence-electron chi connectivity index (χ2n) is 7.69. The molecule has 0 saturated heterocycles. The number of nitrogens with one attached hydrogen (secondary N) is 1. The molecule has 0 radical (unpaired) electrons. The van der Waals surface area contributed by atoms with E-state index < -0.39 is 10.0 Å². The minimum absolute atomic E-state index is 0.0643. The third kappa shape index (κ3) is 4.75. The maximum atomic E-state index is 13.0. The van der Waals surface area contributed by atoms with Crippen molar-refractivity contribution in [1.29, 1.82) is 0 Å². The van der Waals surface area contributed by atoms with Crippen molar-refractivity contribution in [2.75, 3.05) is 22.4 Å². The molecule has 0 saturated carbocycles. The standard InChI is InChI=1S/C23H24N6O3S2/c1-15-16(2)24-22-26-23(27-29(22)17(15)3)33-14-21(30)25-18-9-8-12-20(13-18)34(31,32)28(4)19-10-6-5-7-11-19/h5-13H,14H2,1-4H3,(H,25,30). The van der Waals surface area contributed by atoms with Crippen LogP contribution in [0.15, 0.2) is 64.6 Å². The first-order valence-electron chi connectivity index (χ1n) is 10.4. The van der Waals surface area contributed by atoms with E-state index in [0.29, 0.717) is 22.3 Å². The highest BCUT2D eigenvalue weighted by atomic mass is 32.2. The van der Waals surface area contributed by atoms with Gasteiger partial charge in [-0.15, -0.1) is 5.10 Å². The number of benzene rings is 2. The van der Waals surface area contributed by atoms with Crippen LogP contribution in [0.1, 0.15) is 17.0 Å². The fourth-order valence-corrected chi connectivity index (χ4v) is 5.15. The quantitative estimate of drug-likeness (QED) is 0.389. The largest absolute Gasteiger partial charge is 0.325 e. The minimum Gasteiger partial charge on any atom is -0.325 e. The Kier molecular flexibility index (Phi) is 6.58. The van der Waals surface area contributed by atoms with Gasteiger partial charge in [0.15, 0.2) is 0 Å². The number of aryl methyl sites for hydroxylation is 2. The molecule has 176 valence electrons. The molecule has 9 nitrogen and oxygen atoms in total. The Morgan fingerprint density at radius 1 is 1.06 bits per heavy atom. The predicted octanol–water partition coefficient (Wildman–Crippen LogP) is 3.61. The molecule has 1 N–H and O–H groups in total. The number of fused-ring (bicyclic) bond motifs is 1. The summed E-state index contributed by atoms with van der Waals surface area (Å²) in [6, 6.07) is 15.0. The molecule has 1 amide bonds. The molecular weight excluding hydrogens is 472 g/mol. The third-order valence-electron chi connectivity index (χ3n) is 5.47. The second-order valence-corrected chi connectivity index (χ2v) is 10.6. The molecule has 0 aliphatic heterocycles. The van der Waals surface area contributed by atoms with Crippen LogP contribution in [0.25, 0.3) is 5.78 Å². The summed E-state index contributed by atoms with van der Waals surface area (Å²) in [6.07, 6.45) is 0. The number of rotatable bonds is 7. The first-order valence-corrected chi connectivity index (χ1v) is 12.9. The van der Waals surface area contributed by atoms with E-state index in [0.717, 1.165) is 17.0 Å². The molecule has 34 heavy (non-hydrogen) atoms. The lowest BCUT2D eigenvalue weighted by molar-refractivity contribution is -0.113. The van der Waals surface area contributed by atoms with Crippen LogP contribution in [0.4, 0.5) is 11.4 Å². The Balaban J connectivity index is 1.45. The number of para-hydroxylation sites is 1. The summed E-state index contributed by atoms with van der Waals surface area (Å²) in [7, 11) is -2.29. The number of nitrogens with zero attached hydrogens (tertiary/aromatic N) is 5. The van der Waals surface area contributed by atoms with E-state index >= 15 is 0 Å².